The summed E-state index contributed by atoms with van der Waals surface area (Å²) in [6.07, 6.45) is 1.62. The van der Waals surface area contributed by atoms with E-state index >= 15 is 0 Å². The predicted octanol–water partition coefficient (Wildman–Crippen LogP) is -0.0946. The van der Waals surface area contributed by atoms with Crippen molar-refractivity contribution >= 4 is 11.8 Å². The second-order valence-electron chi connectivity index (χ2n) is 2.54. The summed E-state index contributed by atoms with van der Waals surface area (Å²) in [5.41, 5.74) is 5.27. The highest BCUT2D eigenvalue weighted by molar-refractivity contribution is 5.73. The Balaban J connectivity index is 2.39. The van der Waals surface area contributed by atoms with E-state index in [0.717, 1.165) is 0 Å². The lowest BCUT2D eigenvalue weighted by atomic mass is 10.3. The molecule has 0 radical (unpaired) electrons. The zero-order valence-corrected chi connectivity index (χ0v) is 6.97. The van der Waals surface area contributed by atoms with Crippen LogP contribution in [0.25, 0.3) is 0 Å². The van der Waals surface area contributed by atoms with Crippen LogP contribution in [0.1, 0.15) is 0 Å². The van der Waals surface area contributed by atoms with Gasteiger partial charge in [0.1, 0.15) is 11.9 Å². The third kappa shape index (κ3) is 3.08. The highest BCUT2D eigenvalue weighted by atomic mass is 16.4. The predicted molar refractivity (Wildman–Crippen MR) is 48.3 cm³/mol. The molecule has 0 aromatic carbocycles. The van der Waals surface area contributed by atoms with Crippen LogP contribution in [0.15, 0.2) is 24.4 Å². The first-order valence-electron chi connectivity index (χ1n) is 3.83. The molecule has 0 amide bonds. The lowest BCUT2D eigenvalue weighted by Crippen LogP contribution is -2.37. The fourth-order valence-corrected chi connectivity index (χ4v) is 0.769. The summed E-state index contributed by atoms with van der Waals surface area (Å²) in [7, 11) is 0. The Morgan fingerprint density at radius 1 is 1.69 bits per heavy atom. The van der Waals surface area contributed by atoms with E-state index in [1.165, 1.54) is 0 Å². The topological polar surface area (TPSA) is 88.2 Å². The summed E-state index contributed by atoms with van der Waals surface area (Å²) >= 11 is 0. The number of rotatable bonds is 4. The maximum atomic E-state index is 10.3. The van der Waals surface area contributed by atoms with Gasteiger partial charge in [0.2, 0.25) is 0 Å². The van der Waals surface area contributed by atoms with Gasteiger partial charge in [-0.05, 0) is 12.1 Å². The van der Waals surface area contributed by atoms with Gasteiger partial charge in [-0.1, -0.05) is 6.07 Å². The van der Waals surface area contributed by atoms with E-state index in [-0.39, 0.29) is 6.54 Å². The van der Waals surface area contributed by atoms with Crippen molar-refractivity contribution in [1.29, 1.82) is 0 Å². The van der Waals surface area contributed by atoms with Crippen LogP contribution in [0.3, 0.4) is 0 Å². The number of nitrogens with two attached hydrogens (primary N) is 1. The van der Waals surface area contributed by atoms with Gasteiger partial charge in [0.15, 0.2) is 0 Å². The molecule has 1 aromatic heterocycles. The van der Waals surface area contributed by atoms with Crippen LogP contribution in [-0.4, -0.2) is 28.6 Å². The van der Waals surface area contributed by atoms with Gasteiger partial charge in [-0.15, -0.1) is 0 Å². The first kappa shape index (κ1) is 9.47. The molecule has 13 heavy (non-hydrogen) atoms. The van der Waals surface area contributed by atoms with E-state index in [2.05, 4.69) is 10.3 Å². The molecule has 0 spiro atoms. The lowest BCUT2D eigenvalue weighted by molar-refractivity contribution is -0.138. The zero-order chi connectivity index (χ0) is 9.68. The second kappa shape index (κ2) is 4.42. The monoisotopic (exact) mass is 181 g/mol. The van der Waals surface area contributed by atoms with Crippen LogP contribution in [0, 0.1) is 0 Å². The second-order valence-corrected chi connectivity index (χ2v) is 2.54. The first-order chi connectivity index (χ1) is 6.20. The molecule has 1 aromatic rings. The maximum absolute atomic E-state index is 10.3. The fourth-order valence-electron chi connectivity index (χ4n) is 0.769. The SMILES string of the molecule is N[C@H](CNc1ccccn1)C(=O)O. The van der Waals surface area contributed by atoms with Crippen LogP contribution in [0.4, 0.5) is 5.82 Å². The van der Waals surface area contributed by atoms with Gasteiger partial charge in [0.25, 0.3) is 0 Å². The van der Waals surface area contributed by atoms with Crippen molar-refractivity contribution in [2.24, 2.45) is 5.73 Å². The molecule has 1 heterocycles. The van der Waals surface area contributed by atoms with Crippen molar-refractivity contribution in [3.63, 3.8) is 0 Å². The zero-order valence-electron chi connectivity index (χ0n) is 6.97. The summed E-state index contributed by atoms with van der Waals surface area (Å²) < 4.78 is 0. The third-order valence-corrected chi connectivity index (χ3v) is 1.49. The number of carbonyl (C=O) groups is 1. The Kier molecular flexibility index (Phi) is 3.22. The third-order valence-electron chi connectivity index (χ3n) is 1.49. The Morgan fingerprint density at radius 3 is 3.00 bits per heavy atom. The Hall–Kier alpha value is -1.62. The van der Waals surface area contributed by atoms with Crippen molar-refractivity contribution in [1.82, 2.24) is 4.98 Å². The van der Waals surface area contributed by atoms with Crippen molar-refractivity contribution in [2.45, 2.75) is 6.04 Å². The van der Waals surface area contributed by atoms with Gasteiger partial charge >= 0.3 is 5.97 Å². The van der Waals surface area contributed by atoms with E-state index < -0.39 is 12.0 Å². The molecule has 0 fully saturated rings. The largest absolute Gasteiger partial charge is 0.480 e. The summed E-state index contributed by atoms with van der Waals surface area (Å²) in [5, 5.41) is 11.3. The van der Waals surface area contributed by atoms with E-state index in [1.54, 1.807) is 18.3 Å². The molecule has 5 heteroatoms. The van der Waals surface area contributed by atoms with Gasteiger partial charge in [-0.2, -0.15) is 0 Å². The average Bonchev–Trinajstić information content (AvgIpc) is 2.15. The van der Waals surface area contributed by atoms with Gasteiger partial charge in [0, 0.05) is 12.7 Å². The molecule has 0 unspecified atom stereocenters. The molecule has 0 bridgehead atoms. The van der Waals surface area contributed by atoms with Crippen LogP contribution in [0.5, 0.6) is 0 Å². The number of anilines is 1. The van der Waals surface area contributed by atoms with Crippen LogP contribution in [0.2, 0.25) is 0 Å². The van der Waals surface area contributed by atoms with Gasteiger partial charge in [-0.3, -0.25) is 4.79 Å². The molecule has 0 saturated heterocycles. The minimum absolute atomic E-state index is 0.173. The average molecular weight is 181 g/mol. The molecule has 4 N–H and O–H groups in total. The molecule has 5 nitrogen and oxygen atoms in total. The maximum Gasteiger partial charge on any atom is 0.322 e. The van der Waals surface area contributed by atoms with Crippen molar-refractivity contribution < 1.29 is 9.90 Å². The lowest BCUT2D eigenvalue weighted by Gasteiger charge is -2.07. The molecule has 0 aliphatic carbocycles. The van der Waals surface area contributed by atoms with Crippen molar-refractivity contribution in [3.8, 4) is 0 Å². The van der Waals surface area contributed by atoms with Gasteiger partial charge < -0.3 is 16.2 Å². The van der Waals surface area contributed by atoms with E-state index in [0.29, 0.717) is 5.82 Å². The van der Waals surface area contributed by atoms with Crippen molar-refractivity contribution in [3.05, 3.63) is 24.4 Å². The normalized spacial score (nSPS) is 12.1. The number of pyridine rings is 1. The number of hydrogen-bond donors (Lipinski definition) is 3. The summed E-state index contributed by atoms with van der Waals surface area (Å²) in [6.45, 7) is 0.173. The van der Waals surface area contributed by atoms with Crippen LogP contribution in [-0.2, 0) is 4.79 Å². The van der Waals surface area contributed by atoms with E-state index in [9.17, 15) is 4.79 Å². The number of nitrogens with zero attached hydrogens (tertiary/aromatic N) is 1. The Morgan fingerprint density at radius 2 is 2.46 bits per heavy atom. The van der Waals surface area contributed by atoms with Gasteiger partial charge in [-0.25, -0.2) is 4.98 Å². The number of carboxylic acids is 1. The fraction of sp³-hybridized carbons (Fsp3) is 0.250. The number of hydrogen-bond acceptors (Lipinski definition) is 4. The Bertz CT molecular complexity index is 276. The molecule has 0 aliphatic rings. The number of aromatic nitrogens is 1. The minimum atomic E-state index is -1.02. The van der Waals surface area contributed by atoms with E-state index in [1.807, 2.05) is 6.07 Å². The first-order valence-corrected chi connectivity index (χ1v) is 3.83. The highest BCUT2D eigenvalue weighted by Crippen LogP contribution is 1.98. The molecular weight excluding hydrogens is 170 g/mol. The highest BCUT2D eigenvalue weighted by Gasteiger charge is 2.10. The van der Waals surface area contributed by atoms with Crippen molar-refractivity contribution in [2.75, 3.05) is 11.9 Å². The molecular formula is C8H11N3O2. The van der Waals surface area contributed by atoms with Crippen LogP contribution >= 0.6 is 0 Å². The number of aliphatic carboxylic acids is 1. The number of carboxylic acid groups (broad SMARTS) is 1. The molecule has 1 atom stereocenters. The Labute approximate surface area is 75.6 Å². The quantitative estimate of drug-likeness (QED) is 0.604. The summed E-state index contributed by atoms with van der Waals surface area (Å²) in [5.74, 6) is -0.400. The minimum Gasteiger partial charge on any atom is -0.480 e. The number of nitrogens with one attached hydrogen (secondary N) is 1. The molecule has 1 rings (SSSR count). The molecule has 70 valence electrons. The standard InChI is InChI=1S/C8H11N3O2/c9-6(8(12)13)5-11-7-3-1-2-4-10-7/h1-4,6H,5,9H2,(H,10,11)(H,12,13)/t6-/m1/s1. The van der Waals surface area contributed by atoms with Crippen LogP contribution < -0.4 is 11.1 Å². The molecule has 0 aliphatic heterocycles. The van der Waals surface area contributed by atoms with Gasteiger partial charge in [0.05, 0.1) is 0 Å². The van der Waals surface area contributed by atoms with E-state index in [4.69, 9.17) is 10.8 Å². The molecule has 0 saturated carbocycles. The smallest absolute Gasteiger partial charge is 0.322 e. The summed E-state index contributed by atoms with van der Waals surface area (Å²) in [6, 6.07) is 4.43. The summed E-state index contributed by atoms with van der Waals surface area (Å²) in [4.78, 5) is 14.3.